The van der Waals surface area contributed by atoms with E-state index in [9.17, 15) is 9.90 Å². The predicted octanol–water partition coefficient (Wildman–Crippen LogP) is 3.77. The van der Waals surface area contributed by atoms with Gasteiger partial charge in [0.2, 0.25) is 0 Å². The maximum atomic E-state index is 12.8. The lowest BCUT2D eigenvalue weighted by atomic mass is 9.86. The first kappa shape index (κ1) is 22.5. The molecule has 1 saturated carbocycles. The summed E-state index contributed by atoms with van der Waals surface area (Å²) in [4.78, 5) is 19.4. The molecule has 0 bridgehead atoms. The van der Waals surface area contributed by atoms with Crippen molar-refractivity contribution in [2.75, 3.05) is 38.8 Å². The summed E-state index contributed by atoms with van der Waals surface area (Å²) in [5, 5.41) is 13.8. The van der Waals surface area contributed by atoms with Crippen molar-refractivity contribution >= 4 is 23.3 Å². The summed E-state index contributed by atoms with van der Waals surface area (Å²) >= 11 is 6.05. The van der Waals surface area contributed by atoms with Crippen LogP contribution in [0.4, 0.5) is 5.82 Å². The van der Waals surface area contributed by atoms with E-state index >= 15 is 0 Å². The molecule has 6 nitrogen and oxygen atoms in total. The van der Waals surface area contributed by atoms with Crippen molar-refractivity contribution in [1.82, 2.24) is 10.3 Å². The Labute approximate surface area is 183 Å². The van der Waals surface area contributed by atoms with Crippen molar-refractivity contribution in [2.24, 2.45) is 5.92 Å². The van der Waals surface area contributed by atoms with E-state index in [1.807, 2.05) is 42.3 Å². The molecule has 0 aliphatic heterocycles. The lowest BCUT2D eigenvalue weighted by Crippen LogP contribution is -2.36. The number of carbonyl (C=O) groups is 1. The molecule has 162 valence electrons. The second-order valence-corrected chi connectivity index (χ2v) is 8.27. The van der Waals surface area contributed by atoms with Gasteiger partial charge >= 0.3 is 0 Å². The predicted molar refractivity (Wildman–Crippen MR) is 120 cm³/mol. The van der Waals surface area contributed by atoms with Gasteiger partial charge in [-0.15, -0.1) is 0 Å². The third kappa shape index (κ3) is 5.72. The molecule has 2 atom stereocenters. The Bertz CT molecular complexity index is 844. The fourth-order valence-electron chi connectivity index (χ4n) is 3.81. The van der Waals surface area contributed by atoms with Crippen molar-refractivity contribution in [2.45, 2.75) is 31.8 Å². The Balaban J connectivity index is 1.82. The number of nitrogens with zero attached hydrogens (tertiary/aromatic N) is 2. The normalized spacial score (nSPS) is 18.8. The molecule has 3 rings (SSSR count). The number of aliphatic hydroxyl groups excluding tert-OH is 1. The van der Waals surface area contributed by atoms with Crippen LogP contribution in [0.15, 0.2) is 36.5 Å². The Hall–Kier alpha value is -2.15. The average molecular weight is 432 g/mol. The molecule has 1 amide bonds. The monoisotopic (exact) mass is 431 g/mol. The number of nitrogens with one attached hydrogen (secondary N) is 1. The molecule has 2 unspecified atom stereocenters. The van der Waals surface area contributed by atoms with Gasteiger partial charge in [-0.2, -0.15) is 0 Å². The Morgan fingerprint density at radius 2 is 2.03 bits per heavy atom. The first-order valence-corrected chi connectivity index (χ1v) is 10.8. The number of hydrogen-bond acceptors (Lipinski definition) is 5. The maximum Gasteiger partial charge on any atom is 0.252 e. The number of pyridine rings is 1. The summed E-state index contributed by atoms with van der Waals surface area (Å²) in [6.07, 6.45) is 5.17. The van der Waals surface area contributed by atoms with E-state index < -0.39 is 0 Å². The van der Waals surface area contributed by atoms with E-state index in [4.69, 9.17) is 16.3 Å². The van der Waals surface area contributed by atoms with Gasteiger partial charge in [0.05, 0.1) is 18.3 Å². The third-order valence-electron chi connectivity index (χ3n) is 5.67. The van der Waals surface area contributed by atoms with Crippen LogP contribution in [-0.2, 0) is 4.74 Å². The van der Waals surface area contributed by atoms with Crippen LogP contribution in [0.5, 0.6) is 0 Å². The molecule has 0 saturated heterocycles. The molecular weight excluding hydrogens is 402 g/mol. The molecule has 1 aliphatic carbocycles. The molecule has 2 aromatic rings. The summed E-state index contributed by atoms with van der Waals surface area (Å²) in [6.45, 7) is 1.73. The van der Waals surface area contributed by atoms with Crippen LogP contribution in [0, 0.1) is 5.92 Å². The number of likely N-dealkylation sites (N-methyl/N-ethyl adjacent to an activating group) is 1. The minimum Gasteiger partial charge on any atom is -0.393 e. The molecule has 1 aromatic heterocycles. The van der Waals surface area contributed by atoms with E-state index in [2.05, 4.69) is 10.3 Å². The fourth-order valence-corrected chi connectivity index (χ4v) is 3.94. The van der Waals surface area contributed by atoms with Crippen LogP contribution in [-0.4, -0.2) is 56.0 Å². The van der Waals surface area contributed by atoms with Gasteiger partial charge in [0.25, 0.3) is 5.91 Å². The molecule has 0 spiro atoms. The van der Waals surface area contributed by atoms with E-state index in [-0.39, 0.29) is 17.9 Å². The largest absolute Gasteiger partial charge is 0.393 e. The molecule has 1 aliphatic rings. The zero-order valence-electron chi connectivity index (χ0n) is 17.6. The topological polar surface area (TPSA) is 74.7 Å². The van der Waals surface area contributed by atoms with Crippen molar-refractivity contribution in [1.29, 1.82) is 0 Å². The van der Waals surface area contributed by atoms with Gasteiger partial charge in [-0.1, -0.05) is 36.6 Å². The highest BCUT2D eigenvalue weighted by Gasteiger charge is 2.24. The minimum atomic E-state index is -0.335. The van der Waals surface area contributed by atoms with Crippen molar-refractivity contribution in [3.63, 3.8) is 0 Å². The number of ether oxygens (including phenoxy) is 1. The van der Waals surface area contributed by atoms with Crippen LogP contribution >= 0.6 is 11.6 Å². The smallest absolute Gasteiger partial charge is 0.252 e. The highest BCUT2D eigenvalue weighted by Crippen LogP contribution is 2.30. The van der Waals surface area contributed by atoms with Gasteiger partial charge in [0.1, 0.15) is 5.82 Å². The molecular formula is C23H30ClN3O3. The Morgan fingerprint density at radius 1 is 1.30 bits per heavy atom. The lowest BCUT2D eigenvalue weighted by molar-refractivity contribution is 0.0663. The highest BCUT2D eigenvalue weighted by molar-refractivity contribution is 6.30. The van der Waals surface area contributed by atoms with Gasteiger partial charge < -0.3 is 20.1 Å². The summed E-state index contributed by atoms with van der Waals surface area (Å²) in [5.41, 5.74) is 2.29. The Kier molecular flexibility index (Phi) is 8.08. The number of carbonyl (C=O) groups excluding carboxylic acids is 1. The molecule has 7 heteroatoms. The van der Waals surface area contributed by atoms with Crippen LogP contribution in [0.25, 0.3) is 11.1 Å². The van der Waals surface area contributed by atoms with E-state index in [1.165, 1.54) is 0 Å². The number of halogens is 1. The zero-order valence-corrected chi connectivity index (χ0v) is 18.4. The minimum absolute atomic E-state index is 0.117. The number of benzene rings is 1. The maximum absolute atomic E-state index is 12.8. The van der Waals surface area contributed by atoms with Gasteiger partial charge in [-0.25, -0.2) is 4.98 Å². The van der Waals surface area contributed by atoms with E-state index in [0.717, 1.165) is 42.6 Å². The fraction of sp³-hybridized carbons (Fsp3) is 0.478. The number of methoxy groups -OCH3 is 1. The van der Waals surface area contributed by atoms with Crippen molar-refractivity contribution in [3.8, 4) is 11.1 Å². The van der Waals surface area contributed by atoms with Crippen LogP contribution in [0.3, 0.4) is 0 Å². The van der Waals surface area contributed by atoms with Crippen LogP contribution in [0.1, 0.15) is 36.0 Å². The quantitative estimate of drug-likeness (QED) is 0.665. The Morgan fingerprint density at radius 3 is 2.73 bits per heavy atom. The second-order valence-electron chi connectivity index (χ2n) is 7.84. The summed E-state index contributed by atoms with van der Waals surface area (Å²) in [6, 6.07) is 9.36. The molecule has 1 aromatic carbocycles. The van der Waals surface area contributed by atoms with E-state index in [1.54, 1.807) is 13.3 Å². The first-order chi connectivity index (χ1) is 14.5. The summed E-state index contributed by atoms with van der Waals surface area (Å²) in [7, 11) is 3.61. The number of aliphatic hydroxyl groups is 1. The average Bonchev–Trinajstić information content (AvgIpc) is 2.77. The number of aromatic nitrogens is 1. The first-order valence-electron chi connectivity index (χ1n) is 10.4. The van der Waals surface area contributed by atoms with Gasteiger partial charge in [0.15, 0.2) is 0 Å². The third-order valence-corrected chi connectivity index (χ3v) is 5.92. The SMILES string of the molecule is COCCN(C)c1ncc(C(=O)NCC2CCCCC2O)cc1-c1ccc(Cl)cc1. The van der Waals surface area contributed by atoms with Crippen molar-refractivity contribution in [3.05, 3.63) is 47.1 Å². The van der Waals surface area contributed by atoms with Gasteiger partial charge in [0, 0.05) is 49.9 Å². The molecule has 0 radical (unpaired) electrons. The molecule has 1 heterocycles. The van der Waals surface area contributed by atoms with Gasteiger partial charge in [-0.3, -0.25) is 4.79 Å². The van der Waals surface area contributed by atoms with Crippen molar-refractivity contribution < 1.29 is 14.6 Å². The molecule has 30 heavy (non-hydrogen) atoms. The van der Waals surface area contributed by atoms with E-state index in [0.29, 0.717) is 30.3 Å². The van der Waals surface area contributed by atoms with Crippen LogP contribution in [0.2, 0.25) is 5.02 Å². The highest BCUT2D eigenvalue weighted by atomic mass is 35.5. The second kappa shape index (κ2) is 10.8. The lowest BCUT2D eigenvalue weighted by Gasteiger charge is -2.27. The standard InChI is InChI=1S/C23H30ClN3O3/c1-27(11-12-30-2)22-20(16-7-9-19(24)10-8-16)13-18(15-25-22)23(29)26-14-17-5-3-4-6-21(17)28/h7-10,13,15,17,21,28H,3-6,11-12,14H2,1-2H3,(H,26,29). The number of amides is 1. The van der Waals surface area contributed by atoms with Crippen LogP contribution < -0.4 is 10.2 Å². The summed E-state index contributed by atoms with van der Waals surface area (Å²) in [5.74, 6) is 0.709. The number of hydrogen-bond donors (Lipinski definition) is 2. The zero-order chi connectivity index (χ0) is 21.5. The number of anilines is 1. The van der Waals surface area contributed by atoms with Gasteiger partial charge in [-0.05, 0) is 36.6 Å². The summed E-state index contributed by atoms with van der Waals surface area (Å²) < 4.78 is 5.18. The molecule has 2 N–H and O–H groups in total. The number of rotatable bonds is 8. The molecule has 1 fully saturated rings.